The van der Waals surface area contributed by atoms with Crippen LogP contribution in [0.1, 0.15) is 0 Å². The summed E-state index contributed by atoms with van der Waals surface area (Å²) in [7, 11) is 0. The van der Waals surface area contributed by atoms with Crippen molar-refractivity contribution in [2.45, 2.75) is 0 Å². The Morgan fingerprint density at radius 2 is 1.23 bits per heavy atom. The van der Waals surface area contributed by atoms with Crippen LogP contribution in [0, 0.1) is 0 Å². The van der Waals surface area contributed by atoms with E-state index in [-0.39, 0.29) is 0 Å². The number of hydrogen-bond acceptors (Lipinski definition) is 1. The third-order valence-corrected chi connectivity index (χ3v) is 6.31. The molecule has 0 bridgehead atoms. The highest BCUT2D eigenvalue weighted by Crippen LogP contribution is 2.44. The zero-order valence-electron chi connectivity index (χ0n) is 16.3. The number of fused-ring (bicyclic) bond motifs is 5. The average molecular weight is 382 g/mol. The van der Waals surface area contributed by atoms with Crippen LogP contribution in [-0.2, 0) is 0 Å². The van der Waals surface area contributed by atoms with Gasteiger partial charge >= 0.3 is 0 Å². The number of aromatic nitrogens is 1. The number of benzene rings is 5. The van der Waals surface area contributed by atoms with Gasteiger partial charge in [0.1, 0.15) is 0 Å². The predicted molar refractivity (Wildman–Crippen MR) is 127 cm³/mol. The SMILES string of the molecule is c1cc2c3c(cccc3c1)-c1ccc(-n3c4ccccc4c4ccccc43)cc1N2. The number of rotatable bonds is 1. The van der Waals surface area contributed by atoms with Crippen LogP contribution in [0.3, 0.4) is 0 Å². The third kappa shape index (κ3) is 2.03. The van der Waals surface area contributed by atoms with Crippen molar-refractivity contribution in [3.8, 4) is 16.8 Å². The van der Waals surface area contributed by atoms with Crippen LogP contribution in [0.4, 0.5) is 11.4 Å². The molecule has 6 aromatic rings. The summed E-state index contributed by atoms with van der Waals surface area (Å²) >= 11 is 0. The number of nitrogens with zero attached hydrogens (tertiary/aromatic N) is 1. The number of hydrogen-bond donors (Lipinski definition) is 1. The topological polar surface area (TPSA) is 17.0 Å². The first-order valence-corrected chi connectivity index (χ1v) is 10.3. The fourth-order valence-corrected chi connectivity index (χ4v) is 5.03. The first-order chi connectivity index (χ1) is 14.9. The summed E-state index contributed by atoms with van der Waals surface area (Å²) in [6.07, 6.45) is 0. The van der Waals surface area contributed by atoms with Crippen LogP contribution in [0.25, 0.3) is 49.4 Å². The van der Waals surface area contributed by atoms with E-state index in [0.29, 0.717) is 0 Å². The molecule has 0 saturated heterocycles. The summed E-state index contributed by atoms with van der Waals surface area (Å²) in [5.41, 5.74) is 8.52. The second kappa shape index (κ2) is 5.74. The molecule has 2 nitrogen and oxygen atoms in total. The second-order valence-electron chi connectivity index (χ2n) is 7.93. The Morgan fingerprint density at radius 3 is 2.00 bits per heavy atom. The summed E-state index contributed by atoms with van der Waals surface area (Å²) < 4.78 is 2.37. The summed E-state index contributed by atoms with van der Waals surface area (Å²) in [6, 6.07) is 37.1. The molecule has 30 heavy (non-hydrogen) atoms. The molecule has 0 fully saturated rings. The van der Waals surface area contributed by atoms with Gasteiger partial charge < -0.3 is 9.88 Å². The molecule has 1 N–H and O–H groups in total. The van der Waals surface area contributed by atoms with Crippen molar-refractivity contribution < 1.29 is 0 Å². The number of para-hydroxylation sites is 2. The van der Waals surface area contributed by atoms with E-state index in [2.05, 4.69) is 113 Å². The van der Waals surface area contributed by atoms with Crippen molar-refractivity contribution in [2.24, 2.45) is 0 Å². The van der Waals surface area contributed by atoms with Gasteiger partial charge in [-0.05, 0) is 41.3 Å². The van der Waals surface area contributed by atoms with E-state index in [1.54, 1.807) is 0 Å². The molecule has 2 heteroatoms. The average Bonchev–Trinajstić information content (AvgIpc) is 3.14. The molecule has 0 atom stereocenters. The van der Waals surface area contributed by atoms with Gasteiger partial charge in [0.2, 0.25) is 0 Å². The Kier molecular flexibility index (Phi) is 3.03. The predicted octanol–water partition coefficient (Wildman–Crippen LogP) is 7.66. The van der Waals surface area contributed by atoms with Gasteiger partial charge in [0.15, 0.2) is 0 Å². The first kappa shape index (κ1) is 15.8. The number of anilines is 2. The molecule has 1 aliphatic heterocycles. The Labute approximate surface area is 174 Å². The van der Waals surface area contributed by atoms with Gasteiger partial charge in [-0.15, -0.1) is 0 Å². The summed E-state index contributed by atoms with van der Waals surface area (Å²) in [6.45, 7) is 0. The highest BCUT2D eigenvalue weighted by molar-refractivity contribution is 6.12. The maximum absolute atomic E-state index is 3.69. The Morgan fingerprint density at radius 1 is 0.533 bits per heavy atom. The summed E-state index contributed by atoms with van der Waals surface area (Å²) in [5.74, 6) is 0. The molecule has 0 aliphatic carbocycles. The molecular weight excluding hydrogens is 364 g/mol. The van der Waals surface area contributed by atoms with Crippen molar-refractivity contribution in [3.63, 3.8) is 0 Å². The minimum Gasteiger partial charge on any atom is -0.354 e. The molecule has 140 valence electrons. The van der Waals surface area contributed by atoms with Crippen molar-refractivity contribution >= 4 is 44.0 Å². The lowest BCUT2D eigenvalue weighted by Gasteiger charge is -2.23. The highest BCUT2D eigenvalue weighted by atomic mass is 15.0. The van der Waals surface area contributed by atoms with Crippen LogP contribution < -0.4 is 5.32 Å². The van der Waals surface area contributed by atoms with E-state index >= 15 is 0 Å². The minimum atomic E-state index is 1.15. The molecule has 0 amide bonds. The third-order valence-electron chi connectivity index (χ3n) is 6.31. The molecular formula is C28H18N2. The standard InChI is InChI=1S/C28H18N2/c1-3-13-26-21(9-1)22-10-2-4-14-27(22)30(26)19-15-16-20-23-11-5-7-18-8-6-12-24(28(18)23)29-25(20)17-19/h1-17,29H. The molecule has 1 aromatic heterocycles. The largest absolute Gasteiger partial charge is 0.354 e. The van der Waals surface area contributed by atoms with E-state index in [1.807, 2.05) is 0 Å². The molecule has 0 spiro atoms. The Bertz CT molecular complexity index is 1560. The molecule has 0 radical (unpaired) electrons. The fraction of sp³-hybridized carbons (Fsp3) is 0. The van der Waals surface area contributed by atoms with Gasteiger partial charge in [-0.25, -0.2) is 0 Å². The van der Waals surface area contributed by atoms with Gasteiger partial charge in [-0.1, -0.05) is 72.8 Å². The molecule has 2 heterocycles. The second-order valence-corrected chi connectivity index (χ2v) is 7.93. The maximum Gasteiger partial charge on any atom is 0.0541 e. The van der Waals surface area contributed by atoms with Crippen LogP contribution in [-0.4, -0.2) is 4.57 Å². The lowest BCUT2D eigenvalue weighted by Crippen LogP contribution is -2.03. The minimum absolute atomic E-state index is 1.15. The lowest BCUT2D eigenvalue weighted by molar-refractivity contribution is 1.18. The Balaban J connectivity index is 1.52. The monoisotopic (exact) mass is 382 g/mol. The van der Waals surface area contributed by atoms with Crippen molar-refractivity contribution in [3.05, 3.63) is 103 Å². The molecule has 7 rings (SSSR count). The quantitative estimate of drug-likeness (QED) is 0.308. The van der Waals surface area contributed by atoms with E-state index in [1.165, 1.54) is 55.1 Å². The van der Waals surface area contributed by atoms with Gasteiger partial charge in [-0.2, -0.15) is 0 Å². The molecule has 5 aromatic carbocycles. The van der Waals surface area contributed by atoms with E-state index < -0.39 is 0 Å². The fourth-order valence-electron chi connectivity index (χ4n) is 5.03. The molecule has 1 aliphatic rings. The van der Waals surface area contributed by atoms with Crippen LogP contribution in [0.5, 0.6) is 0 Å². The first-order valence-electron chi connectivity index (χ1n) is 10.3. The van der Waals surface area contributed by atoms with Crippen LogP contribution in [0.15, 0.2) is 103 Å². The normalized spacial score (nSPS) is 12.3. The van der Waals surface area contributed by atoms with Crippen molar-refractivity contribution in [2.75, 3.05) is 5.32 Å². The van der Waals surface area contributed by atoms with E-state index in [9.17, 15) is 0 Å². The van der Waals surface area contributed by atoms with Crippen molar-refractivity contribution in [1.29, 1.82) is 0 Å². The summed E-state index contributed by atoms with van der Waals surface area (Å²) in [5, 5.41) is 8.84. The van der Waals surface area contributed by atoms with E-state index in [4.69, 9.17) is 0 Å². The van der Waals surface area contributed by atoms with Gasteiger partial charge in [0.25, 0.3) is 0 Å². The maximum atomic E-state index is 3.69. The highest BCUT2D eigenvalue weighted by Gasteiger charge is 2.19. The molecule has 0 saturated carbocycles. The van der Waals surface area contributed by atoms with Crippen molar-refractivity contribution in [1.82, 2.24) is 4.57 Å². The zero-order valence-corrected chi connectivity index (χ0v) is 16.3. The number of nitrogens with one attached hydrogen (secondary N) is 1. The summed E-state index contributed by atoms with van der Waals surface area (Å²) in [4.78, 5) is 0. The van der Waals surface area contributed by atoms with Gasteiger partial charge in [0.05, 0.1) is 11.0 Å². The van der Waals surface area contributed by atoms with E-state index in [0.717, 1.165) is 5.69 Å². The van der Waals surface area contributed by atoms with Gasteiger partial charge in [-0.3, -0.25) is 0 Å². The zero-order chi connectivity index (χ0) is 19.7. The molecule has 0 unspecified atom stereocenters. The van der Waals surface area contributed by atoms with Gasteiger partial charge in [0, 0.05) is 38.8 Å². The Hall–Kier alpha value is -4.04. The van der Waals surface area contributed by atoms with Crippen LogP contribution >= 0.6 is 0 Å². The lowest BCUT2D eigenvalue weighted by atomic mass is 9.92. The van der Waals surface area contributed by atoms with Crippen LogP contribution in [0.2, 0.25) is 0 Å². The smallest absolute Gasteiger partial charge is 0.0541 e.